The molecular weight excluding hydrogens is 356 g/mol. The van der Waals surface area contributed by atoms with Gasteiger partial charge in [0.05, 0.1) is 24.4 Å². The Morgan fingerprint density at radius 3 is 2.65 bits per heavy atom. The van der Waals surface area contributed by atoms with Crippen LogP contribution in [-0.2, 0) is 4.74 Å². The van der Waals surface area contributed by atoms with Crippen molar-refractivity contribution in [3.05, 3.63) is 58.6 Å². The highest BCUT2D eigenvalue weighted by molar-refractivity contribution is 6.31. The van der Waals surface area contributed by atoms with E-state index in [1.54, 1.807) is 43.3 Å². The van der Waals surface area contributed by atoms with E-state index in [0.717, 1.165) is 5.56 Å². The van der Waals surface area contributed by atoms with E-state index in [4.69, 9.17) is 21.1 Å². The number of hydrogen-bond donors (Lipinski definition) is 2. The summed E-state index contributed by atoms with van der Waals surface area (Å²) < 4.78 is 10.5. The van der Waals surface area contributed by atoms with Gasteiger partial charge in [-0.3, -0.25) is 0 Å². The van der Waals surface area contributed by atoms with Crippen LogP contribution in [0.5, 0.6) is 5.75 Å². The first-order valence-corrected chi connectivity index (χ1v) is 8.59. The van der Waals surface area contributed by atoms with Gasteiger partial charge in [-0.1, -0.05) is 23.7 Å². The molecule has 0 aliphatic rings. The minimum absolute atomic E-state index is 0.265. The smallest absolute Gasteiger partial charge is 0.340 e. The van der Waals surface area contributed by atoms with Crippen LogP contribution >= 0.6 is 11.6 Å². The van der Waals surface area contributed by atoms with Crippen LogP contribution < -0.4 is 15.4 Å². The second-order valence-corrected chi connectivity index (χ2v) is 5.81. The molecule has 0 atom stereocenters. The number of esters is 1. The molecule has 0 aliphatic carbocycles. The number of para-hydroxylation sites is 1. The molecule has 0 saturated heterocycles. The van der Waals surface area contributed by atoms with E-state index in [9.17, 15) is 9.59 Å². The van der Waals surface area contributed by atoms with Crippen LogP contribution in [0.25, 0.3) is 0 Å². The van der Waals surface area contributed by atoms with Crippen LogP contribution in [0, 0.1) is 6.92 Å². The molecule has 2 aromatic rings. The van der Waals surface area contributed by atoms with Crippen LogP contribution in [0.1, 0.15) is 22.8 Å². The molecule has 0 spiro atoms. The molecule has 2 N–H and O–H groups in total. The van der Waals surface area contributed by atoms with Crippen molar-refractivity contribution in [3.63, 3.8) is 0 Å². The summed E-state index contributed by atoms with van der Waals surface area (Å²) in [4.78, 5) is 23.9. The third kappa shape index (κ3) is 5.67. The molecule has 2 aromatic carbocycles. The molecule has 6 nitrogen and oxygen atoms in total. The fourth-order valence-corrected chi connectivity index (χ4v) is 2.30. The monoisotopic (exact) mass is 376 g/mol. The van der Waals surface area contributed by atoms with E-state index in [2.05, 4.69) is 10.6 Å². The average molecular weight is 377 g/mol. The van der Waals surface area contributed by atoms with Crippen LogP contribution in [0.15, 0.2) is 42.5 Å². The van der Waals surface area contributed by atoms with Gasteiger partial charge in [0.2, 0.25) is 0 Å². The Bertz CT molecular complexity index is 780. The Hall–Kier alpha value is -2.73. The minimum Gasteiger partial charge on any atom is -0.492 e. The van der Waals surface area contributed by atoms with Crippen LogP contribution in [-0.4, -0.2) is 31.8 Å². The third-order valence-electron chi connectivity index (χ3n) is 3.46. The average Bonchev–Trinajstić information content (AvgIpc) is 2.62. The first-order valence-electron chi connectivity index (χ1n) is 8.21. The minimum atomic E-state index is -0.482. The van der Waals surface area contributed by atoms with E-state index >= 15 is 0 Å². The second kappa shape index (κ2) is 9.68. The number of carbonyl (C=O) groups is 2. The molecule has 26 heavy (non-hydrogen) atoms. The van der Waals surface area contributed by atoms with Crippen molar-refractivity contribution >= 4 is 29.3 Å². The van der Waals surface area contributed by atoms with E-state index in [1.165, 1.54) is 0 Å². The molecule has 0 saturated carbocycles. The summed E-state index contributed by atoms with van der Waals surface area (Å²) in [5.41, 5.74) is 1.61. The molecule has 0 radical (unpaired) electrons. The van der Waals surface area contributed by atoms with E-state index < -0.39 is 12.0 Å². The van der Waals surface area contributed by atoms with Gasteiger partial charge < -0.3 is 20.1 Å². The highest BCUT2D eigenvalue weighted by Crippen LogP contribution is 2.20. The lowest BCUT2D eigenvalue weighted by Gasteiger charge is -2.12. The summed E-state index contributed by atoms with van der Waals surface area (Å²) in [6.45, 7) is 4.48. The molecule has 7 heteroatoms. The summed E-state index contributed by atoms with van der Waals surface area (Å²) in [5.74, 6) is 0.201. The zero-order valence-corrected chi connectivity index (χ0v) is 15.4. The maximum atomic E-state index is 12.0. The SMILES string of the molecule is CCOC(=O)c1ccccc1NC(=O)NCCOc1ccc(Cl)c(C)c1. The van der Waals surface area contributed by atoms with Crippen molar-refractivity contribution in [2.45, 2.75) is 13.8 Å². The topological polar surface area (TPSA) is 76.7 Å². The van der Waals surface area contributed by atoms with Crippen molar-refractivity contribution in [3.8, 4) is 5.75 Å². The molecule has 138 valence electrons. The predicted octanol–water partition coefficient (Wildman–Crippen LogP) is 4.03. The Labute approximate surface area is 157 Å². The molecule has 0 fully saturated rings. The van der Waals surface area contributed by atoms with Gasteiger partial charge in [0.15, 0.2) is 0 Å². The van der Waals surface area contributed by atoms with Gasteiger partial charge in [0.1, 0.15) is 12.4 Å². The standard InChI is InChI=1S/C19H21ClN2O4/c1-3-25-18(23)15-6-4-5-7-17(15)22-19(24)21-10-11-26-14-8-9-16(20)13(2)12-14/h4-9,12H,3,10-11H2,1-2H3,(H2,21,22,24). The fraction of sp³-hybridized carbons (Fsp3) is 0.263. The summed E-state index contributed by atoms with van der Waals surface area (Å²) in [6.07, 6.45) is 0. The van der Waals surface area contributed by atoms with Crippen molar-refractivity contribution in [2.24, 2.45) is 0 Å². The Balaban J connectivity index is 1.82. The number of hydrogen-bond acceptors (Lipinski definition) is 4. The van der Waals surface area contributed by atoms with Crippen LogP contribution in [0.2, 0.25) is 5.02 Å². The lowest BCUT2D eigenvalue weighted by Crippen LogP contribution is -2.32. The van der Waals surface area contributed by atoms with Crippen molar-refractivity contribution in [1.29, 1.82) is 0 Å². The molecule has 0 unspecified atom stereocenters. The summed E-state index contributed by atoms with van der Waals surface area (Å²) >= 11 is 5.96. The summed E-state index contributed by atoms with van der Waals surface area (Å²) in [7, 11) is 0. The molecule has 0 heterocycles. The zero-order chi connectivity index (χ0) is 18.9. The summed E-state index contributed by atoms with van der Waals surface area (Å²) in [6, 6.07) is 11.6. The molecular formula is C19H21ClN2O4. The first kappa shape index (κ1) is 19.6. The number of benzene rings is 2. The second-order valence-electron chi connectivity index (χ2n) is 5.41. The number of nitrogens with one attached hydrogen (secondary N) is 2. The van der Waals surface area contributed by atoms with Crippen molar-refractivity contribution in [1.82, 2.24) is 5.32 Å². The zero-order valence-electron chi connectivity index (χ0n) is 14.7. The van der Waals surface area contributed by atoms with E-state index in [0.29, 0.717) is 35.2 Å². The predicted molar refractivity (Wildman–Crippen MR) is 101 cm³/mol. The van der Waals surface area contributed by atoms with Crippen LogP contribution in [0.4, 0.5) is 10.5 Å². The van der Waals surface area contributed by atoms with Gasteiger partial charge in [-0.15, -0.1) is 0 Å². The Morgan fingerprint density at radius 2 is 1.92 bits per heavy atom. The highest BCUT2D eigenvalue weighted by atomic mass is 35.5. The largest absolute Gasteiger partial charge is 0.492 e. The van der Waals surface area contributed by atoms with Gasteiger partial charge in [-0.25, -0.2) is 9.59 Å². The Morgan fingerprint density at radius 1 is 1.15 bits per heavy atom. The molecule has 0 aromatic heterocycles. The number of rotatable bonds is 7. The number of anilines is 1. The van der Waals surface area contributed by atoms with E-state index in [1.807, 2.05) is 13.0 Å². The van der Waals surface area contributed by atoms with Gasteiger partial charge >= 0.3 is 12.0 Å². The number of aryl methyl sites for hydroxylation is 1. The molecule has 0 bridgehead atoms. The first-order chi connectivity index (χ1) is 12.5. The van der Waals surface area contributed by atoms with Gasteiger partial charge in [-0.2, -0.15) is 0 Å². The maximum absolute atomic E-state index is 12.0. The molecule has 2 amide bonds. The van der Waals surface area contributed by atoms with Crippen molar-refractivity contribution < 1.29 is 19.1 Å². The number of halogens is 1. The van der Waals surface area contributed by atoms with Gasteiger partial charge in [0, 0.05) is 5.02 Å². The van der Waals surface area contributed by atoms with Crippen molar-refractivity contribution in [2.75, 3.05) is 25.1 Å². The Kier molecular flexibility index (Phi) is 7.29. The van der Waals surface area contributed by atoms with Gasteiger partial charge in [-0.05, 0) is 49.7 Å². The van der Waals surface area contributed by atoms with E-state index in [-0.39, 0.29) is 6.61 Å². The summed E-state index contributed by atoms with van der Waals surface area (Å²) in [5, 5.41) is 5.99. The van der Waals surface area contributed by atoms with Crippen LogP contribution in [0.3, 0.4) is 0 Å². The highest BCUT2D eigenvalue weighted by Gasteiger charge is 2.13. The lowest BCUT2D eigenvalue weighted by atomic mass is 10.2. The maximum Gasteiger partial charge on any atom is 0.340 e. The number of urea groups is 1. The molecule has 2 rings (SSSR count). The van der Waals surface area contributed by atoms with Gasteiger partial charge in [0.25, 0.3) is 0 Å². The quantitative estimate of drug-likeness (QED) is 0.565. The molecule has 0 aliphatic heterocycles. The number of amides is 2. The fourth-order valence-electron chi connectivity index (χ4n) is 2.19. The third-order valence-corrected chi connectivity index (χ3v) is 3.88. The lowest BCUT2D eigenvalue weighted by molar-refractivity contribution is 0.0527. The number of carbonyl (C=O) groups excluding carboxylic acids is 2. The number of ether oxygens (including phenoxy) is 2. The normalized spacial score (nSPS) is 10.1.